The molecule has 1 fully saturated rings. The number of nitrogens with one attached hydrogen (secondary N) is 5. The van der Waals surface area contributed by atoms with Crippen molar-refractivity contribution in [3.63, 3.8) is 0 Å². The van der Waals surface area contributed by atoms with Crippen LogP contribution in [0.15, 0.2) is 54.9 Å². The van der Waals surface area contributed by atoms with Crippen molar-refractivity contribution in [3.05, 3.63) is 66.2 Å². The first-order valence-electron chi connectivity index (χ1n) is 10.7. The third kappa shape index (κ3) is 4.70. The largest absolute Gasteiger partial charge is 0.490 e. The predicted molar refractivity (Wildman–Crippen MR) is 124 cm³/mol. The zero-order valence-corrected chi connectivity index (χ0v) is 17.7. The fourth-order valence-corrected chi connectivity index (χ4v) is 3.73. The zero-order valence-electron chi connectivity index (χ0n) is 17.7. The van der Waals surface area contributed by atoms with Crippen LogP contribution in [0.3, 0.4) is 0 Å². The van der Waals surface area contributed by atoms with Gasteiger partial charge in [0.1, 0.15) is 17.5 Å². The van der Waals surface area contributed by atoms with Crippen LogP contribution in [-0.2, 0) is 0 Å². The number of ether oxygens (including phenoxy) is 1. The number of rotatable bonds is 6. The van der Waals surface area contributed by atoms with Gasteiger partial charge >= 0.3 is 0 Å². The number of piperidine rings is 1. The summed E-state index contributed by atoms with van der Waals surface area (Å²) < 4.78 is 5.98. The molecule has 0 saturated carbocycles. The topological polar surface area (TPSA) is 137 Å². The SMILES string of the molecule is O=C(Nc1ccc(OC2CCNCC2)cc1)c1nc[nH]c1C(=O)Nc1nc2ccccc2[nH]1. The van der Waals surface area contributed by atoms with Crippen molar-refractivity contribution >= 4 is 34.5 Å². The number of anilines is 2. The lowest BCUT2D eigenvalue weighted by atomic mass is 10.1. The standard InChI is InChI=1S/C23H23N7O3/c31-21(27-14-5-7-15(8-6-14)33-16-9-11-24-12-10-16)19-20(26-13-25-19)22(32)30-23-28-17-3-1-2-4-18(17)29-23/h1-8,13,16,24H,9-12H2,(H,25,26)(H,27,31)(H2,28,29,30,32). The van der Waals surface area contributed by atoms with Gasteiger partial charge in [-0.1, -0.05) is 12.1 Å². The molecule has 1 saturated heterocycles. The molecule has 2 aromatic carbocycles. The highest BCUT2D eigenvalue weighted by Gasteiger charge is 2.22. The number of aromatic amines is 2. The van der Waals surface area contributed by atoms with Crippen molar-refractivity contribution in [3.8, 4) is 5.75 Å². The number of aromatic nitrogens is 4. The van der Waals surface area contributed by atoms with Gasteiger partial charge in [-0.05, 0) is 62.3 Å². The van der Waals surface area contributed by atoms with E-state index in [4.69, 9.17) is 4.74 Å². The molecule has 10 nitrogen and oxygen atoms in total. The molecule has 1 aliphatic rings. The second-order valence-electron chi connectivity index (χ2n) is 7.73. The van der Waals surface area contributed by atoms with Gasteiger partial charge < -0.3 is 25.3 Å². The van der Waals surface area contributed by atoms with E-state index in [1.165, 1.54) is 6.33 Å². The fraction of sp³-hybridized carbons (Fsp3) is 0.217. The first-order valence-corrected chi connectivity index (χ1v) is 10.7. The maximum absolute atomic E-state index is 12.8. The lowest BCUT2D eigenvalue weighted by Crippen LogP contribution is -2.34. The van der Waals surface area contributed by atoms with Crippen molar-refractivity contribution in [1.82, 2.24) is 25.3 Å². The van der Waals surface area contributed by atoms with Gasteiger partial charge in [-0.25, -0.2) is 9.97 Å². The molecular weight excluding hydrogens is 422 g/mol. The Morgan fingerprint density at radius 1 is 0.970 bits per heavy atom. The van der Waals surface area contributed by atoms with E-state index in [2.05, 4.69) is 35.9 Å². The van der Waals surface area contributed by atoms with Crippen LogP contribution in [-0.4, -0.2) is 50.9 Å². The minimum Gasteiger partial charge on any atom is -0.490 e. The number of imidazole rings is 2. The number of benzene rings is 2. The molecule has 0 spiro atoms. The molecule has 0 aliphatic carbocycles. The minimum absolute atomic E-state index is 0.0151. The number of hydrogen-bond donors (Lipinski definition) is 5. The number of hydrogen-bond acceptors (Lipinski definition) is 6. The second-order valence-corrected chi connectivity index (χ2v) is 7.73. The summed E-state index contributed by atoms with van der Waals surface area (Å²) in [5, 5.41) is 8.73. The first-order chi connectivity index (χ1) is 16.2. The average Bonchev–Trinajstić information content (AvgIpc) is 3.48. The Morgan fingerprint density at radius 2 is 1.76 bits per heavy atom. The Balaban J connectivity index is 1.23. The van der Waals surface area contributed by atoms with Crippen LogP contribution in [0.2, 0.25) is 0 Å². The predicted octanol–water partition coefficient (Wildman–Crippen LogP) is 2.92. The molecule has 0 bridgehead atoms. The summed E-state index contributed by atoms with van der Waals surface area (Å²) in [6.45, 7) is 1.91. The number of fused-ring (bicyclic) bond motifs is 1. The van der Waals surface area contributed by atoms with Crippen molar-refractivity contribution in [2.24, 2.45) is 0 Å². The van der Waals surface area contributed by atoms with Gasteiger partial charge in [-0.2, -0.15) is 0 Å². The van der Waals surface area contributed by atoms with E-state index >= 15 is 0 Å². The molecule has 168 valence electrons. The van der Waals surface area contributed by atoms with E-state index in [-0.39, 0.29) is 23.4 Å². The van der Waals surface area contributed by atoms with Gasteiger partial charge in [0.2, 0.25) is 5.95 Å². The van der Waals surface area contributed by atoms with Gasteiger partial charge in [0.25, 0.3) is 11.8 Å². The Hall–Kier alpha value is -4.18. The van der Waals surface area contributed by atoms with Crippen molar-refractivity contribution < 1.29 is 14.3 Å². The highest BCUT2D eigenvalue weighted by atomic mass is 16.5. The second kappa shape index (κ2) is 9.13. The quantitative estimate of drug-likeness (QED) is 0.310. The van der Waals surface area contributed by atoms with Gasteiger partial charge in [0, 0.05) is 5.69 Å². The number of para-hydroxylation sites is 2. The summed E-state index contributed by atoms with van der Waals surface area (Å²) in [5.74, 6) is 0.0116. The third-order valence-corrected chi connectivity index (χ3v) is 5.40. The van der Waals surface area contributed by atoms with Crippen molar-refractivity contribution in [2.75, 3.05) is 23.7 Å². The van der Waals surface area contributed by atoms with Crippen LogP contribution in [0.25, 0.3) is 11.0 Å². The summed E-state index contributed by atoms with van der Waals surface area (Å²) in [6.07, 6.45) is 3.44. The Kier molecular flexibility index (Phi) is 5.73. The van der Waals surface area contributed by atoms with E-state index in [1.54, 1.807) is 12.1 Å². The van der Waals surface area contributed by atoms with E-state index in [0.29, 0.717) is 5.69 Å². The van der Waals surface area contributed by atoms with Crippen LogP contribution in [0.4, 0.5) is 11.6 Å². The highest BCUT2D eigenvalue weighted by molar-refractivity contribution is 6.13. The van der Waals surface area contributed by atoms with Gasteiger partial charge in [-0.3, -0.25) is 14.9 Å². The molecule has 4 aromatic rings. The molecule has 0 atom stereocenters. The molecule has 0 radical (unpaired) electrons. The summed E-state index contributed by atoms with van der Waals surface area (Å²) in [6, 6.07) is 14.6. The average molecular weight is 445 g/mol. The smallest absolute Gasteiger partial charge is 0.276 e. The van der Waals surface area contributed by atoms with Gasteiger partial charge in [-0.15, -0.1) is 0 Å². The van der Waals surface area contributed by atoms with E-state index in [1.807, 2.05) is 36.4 Å². The molecule has 5 rings (SSSR count). The summed E-state index contributed by atoms with van der Waals surface area (Å²) >= 11 is 0. The molecule has 10 heteroatoms. The monoisotopic (exact) mass is 445 g/mol. The molecule has 3 heterocycles. The molecule has 1 aliphatic heterocycles. The number of amides is 2. The highest BCUT2D eigenvalue weighted by Crippen LogP contribution is 2.20. The summed E-state index contributed by atoms with van der Waals surface area (Å²) in [5.41, 5.74) is 2.12. The molecule has 2 aromatic heterocycles. The third-order valence-electron chi connectivity index (χ3n) is 5.40. The van der Waals surface area contributed by atoms with E-state index < -0.39 is 11.8 Å². The zero-order chi connectivity index (χ0) is 22.6. The fourth-order valence-electron chi connectivity index (χ4n) is 3.73. The van der Waals surface area contributed by atoms with Crippen LogP contribution in [0.5, 0.6) is 5.75 Å². The van der Waals surface area contributed by atoms with Crippen LogP contribution in [0, 0.1) is 0 Å². The van der Waals surface area contributed by atoms with Crippen molar-refractivity contribution in [2.45, 2.75) is 18.9 Å². The lowest BCUT2D eigenvalue weighted by Gasteiger charge is -2.23. The summed E-state index contributed by atoms with van der Waals surface area (Å²) in [7, 11) is 0. The van der Waals surface area contributed by atoms with Gasteiger partial charge in [0.15, 0.2) is 5.69 Å². The Bertz CT molecular complexity index is 1240. The number of carbonyl (C=O) groups excluding carboxylic acids is 2. The maximum atomic E-state index is 12.8. The molecule has 33 heavy (non-hydrogen) atoms. The van der Waals surface area contributed by atoms with Gasteiger partial charge in [0.05, 0.1) is 17.4 Å². The molecule has 0 unspecified atom stereocenters. The van der Waals surface area contributed by atoms with Crippen LogP contribution in [0.1, 0.15) is 33.8 Å². The Morgan fingerprint density at radius 3 is 2.55 bits per heavy atom. The molecule has 5 N–H and O–H groups in total. The lowest BCUT2D eigenvalue weighted by molar-refractivity contribution is 0.0985. The van der Waals surface area contributed by atoms with Crippen molar-refractivity contribution in [1.29, 1.82) is 0 Å². The maximum Gasteiger partial charge on any atom is 0.276 e. The normalized spacial score (nSPS) is 14.2. The first kappa shape index (κ1) is 20.7. The number of carbonyl (C=O) groups is 2. The van der Waals surface area contributed by atoms with Crippen LogP contribution < -0.4 is 20.7 Å². The Labute approximate surface area is 189 Å². The number of nitrogens with zero attached hydrogens (tertiary/aromatic N) is 2. The number of H-pyrrole nitrogens is 2. The molecular formula is C23H23N7O3. The minimum atomic E-state index is -0.526. The van der Waals surface area contributed by atoms with E-state index in [0.717, 1.165) is 42.7 Å². The van der Waals surface area contributed by atoms with E-state index in [9.17, 15) is 9.59 Å². The summed E-state index contributed by atoms with van der Waals surface area (Å²) in [4.78, 5) is 39.6. The molecule has 2 amide bonds. The van der Waals surface area contributed by atoms with Crippen LogP contribution >= 0.6 is 0 Å².